The van der Waals surface area contributed by atoms with E-state index in [2.05, 4.69) is 0 Å². The summed E-state index contributed by atoms with van der Waals surface area (Å²) >= 11 is 0. The fourth-order valence-corrected chi connectivity index (χ4v) is 5.62. The van der Waals surface area contributed by atoms with E-state index >= 15 is 35.1 Å². The van der Waals surface area contributed by atoms with E-state index in [1.54, 1.807) is 0 Å². The standard InChI is InChI=1S/C46H18F8N4O6/c47-35-39(51)45(63-31-5-1-3-29(17-31)59-33-9-7-23(19-55)25(15-33)21-57)40(52)36(48)43(35)61-27-11-13-28(14-12-27)62-44-37(49)41(53)46(42(54)38(44)50)64-32-6-2-4-30(18-32)60-34-10-8-24(20-56)26(16-34)22-58/h1-18H. The van der Waals surface area contributed by atoms with Crippen LogP contribution in [-0.2, 0) is 0 Å². The first-order chi connectivity index (χ1) is 30.8. The zero-order valence-corrected chi connectivity index (χ0v) is 31.7. The topological polar surface area (TPSA) is 151 Å². The predicted molar refractivity (Wildman–Crippen MR) is 204 cm³/mol. The molecule has 7 aromatic rings. The van der Waals surface area contributed by atoms with Crippen LogP contribution in [0.25, 0.3) is 0 Å². The van der Waals surface area contributed by atoms with Gasteiger partial charge in [-0.15, -0.1) is 0 Å². The second-order valence-corrected chi connectivity index (χ2v) is 12.7. The van der Waals surface area contributed by atoms with E-state index in [1.807, 2.05) is 24.3 Å². The summed E-state index contributed by atoms with van der Waals surface area (Å²) in [5.74, 6) is -23.7. The van der Waals surface area contributed by atoms with Gasteiger partial charge in [-0.1, -0.05) is 12.1 Å². The van der Waals surface area contributed by atoms with Crippen LogP contribution < -0.4 is 28.4 Å². The van der Waals surface area contributed by atoms with Gasteiger partial charge in [-0.3, -0.25) is 0 Å². The summed E-state index contributed by atoms with van der Waals surface area (Å²) in [5.41, 5.74) is 0.194. The molecule has 0 aliphatic heterocycles. The van der Waals surface area contributed by atoms with Crippen molar-refractivity contribution in [3.8, 4) is 93.3 Å². The third-order valence-electron chi connectivity index (χ3n) is 8.62. The lowest BCUT2D eigenvalue weighted by atomic mass is 10.1. The summed E-state index contributed by atoms with van der Waals surface area (Å²) in [6.07, 6.45) is 0. The van der Waals surface area contributed by atoms with E-state index < -0.39 is 81.0 Å². The van der Waals surface area contributed by atoms with Crippen LogP contribution in [0.15, 0.2) is 109 Å². The highest BCUT2D eigenvalue weighted by atomic mass is 19.2. The molecule has 0 bridgehead atoms. The molecule has 7 rings (SSSR count). The van der Waals surface area contributed by atoms with Crippen molar-refractivity contribution < 1.29 is 63.5 Å². The molecule has 0 amide bonds. The number of hydrogen-bond donors (Lipinski definition) is 0. The molecule has 314 valence electrons. The maximum absolute atomic E-state index is 15.2. The average Bonchev–Trinajstić information content (AvgIpc) is 3.31. The van der Waals surface area contributed by atoms with Crippen molar-refractivity contribution in [2.24, 2.45) is 0 Å². The number of halogens is 8. The van der Waals surface area contributed by atoms with Gasteiger partial charge in [-0.2, -0.15) is 56.2 Å². The van der Waals surface area contributed by atoms with Gasteiger partial charge in [-0.25, -0.2) is 0 Å². The highest BCUT2D eigenvalue weighted by Crippen LogP contribution is 2.42. The molecular formula is C46H18F8N4O6. The molecule has 0 aromatic heterocycles. The Kier molecular flexibility index (Phi) is 12.2. The quantitative estimate of drug-likeness (QED) is 0.0857. The Labute approximate surface area is 355 Å². The van der Waals surface area contributed by atoms with Crippen molar-refractivity contribution >= 4 is 0 Å². The lowest BCUT2D eigenvalue weighted by molar-refractivity contribution is 0.327. The Morgan fingerprint density at radius 3 is 0.781 bits per heavy atom. The molecule has 0 heterocycles. The van der Waals surface area contributed by atoms with E-state index in [1.165, 1.54) is 72.8 Å². The molecule has 0 N–H and O–H groups in total. The second-order valence-electron chi connectivity index (χ2n) is 12.7. The second kappa shape index (κ2) is 18.2. The van der Waals surface area contributed by atoms with Gasteiger partial charge in [0.2, 0.25) is 69.5 Å². The number of benzene rings is 7. The monoisotopic (exact) mass is 874 g/mol. The van der Waals surface area contributed by atoms with E-state index in [9.17, 15) is 10.5 Å². The molecule has 0 fully saturated rings. The summed E-state index contributed by atoms with van der Waals surface area (Å²) in [5, 5.41) is 36.7. The molecule has 0 aliphatic rings. The first-order valence-corrected chi connectivity index (χ1v) is 17.8. The minimum atomic E-state index is -2.03. The Balaban J connectivity index is 1.04. The number of hydrogen-bond acceptors (Lipinski definition) is 10. The van der Waals surface area contributed by atoms with Crippen LogP contribution in [0.3, 0.4) is 0 Å². The van der Waals surface area contributed by atoms with Crippen LogP contribution in [0, 0.1) is 91.9 Å². The van der Waals surface area contributed by atoms with Crippen molar-refractivity contribution in [2.75, 3.05) is 0 Å². The normalized spacial score (nSPS) is 10.4. The minimum Gasteiger partial charge on any atom is -0.457 e. The molecule has 0 aliphatic carbocycles. The molecule has 10 nitrogen and oxygen atoms in total. The average molecular weight is 875 g/mol. The highest BCUT2D eigenvalue weighted by molar-refractivity contribution is 5.53. The van der Waals surface area contributed by atoms with Crippen LogP contribution >= 0.6 is 0 Å². The van der Waals surface area contributed by atoms with Gasteiger partial charge in [0.15, 0.2) is 0 Å². The molecule has 18 heteroatoms. The zero-order valence-electron chi connectivity index (χ0n) is 31.7. The van der Waals surface area contributed by atoms with Gasteiger partial charge in [0.25, 0.3) is 0 Å². The van der Waals surface area contributed by atoms with E-state index in [0.29, 0.717) is 0 Å². The third-order valence-corrected chi connectivity index (χ3v) is 8.62. The molecule has 0 saturated carbocycles. The Morgan fingerprint density at radius 1 is 0.266 bits per heavy atom. The smallest absolute Gasteiger partial charge is 0.208 e. The third kappa shape index (κ3) is 8.79. The number of nitrogens with zero attached hydrogens (tertiary/aromatic N) is 4. The van der Waals surface area contributed by atoms with Crippen molar-refractivity contribution in [3.63, 3.8) is 0 Å². The van der Waals surface area contributed by atoms with E-state index in [-0.39, 0.29) is 56.8 Å². The maximum Gasteiger partial charge on any atom is 0.208 e. The number of rotatable bonds is 12. The summed E-state index contributed by atoms with van der Waals surface area (Å²) < 4.78 is 153. The van der Waals surface area contributed by atoms with Gasteiger partial charge >= 0.3 is 0 Å². The molecule has 7 aromatic carbocycles. The Bertz CT molecular complexity index is 2910. The van der Waals surface area contributed by atoms with Crippen molar-refractivity contribution in [3.05, 3.63) is 178 Å². The summed E-state index contributed by atoms with van der Waals surface area (Å²) in [6, 6.07) is 28.8. The maximum atomic E-state index is 15.2. The fourth-order valence-electron chi connectivity index (χ4n) is 5.62. The van der Waals surface area contributed by atoms with Crippen molar-refractivity contribution in [1.29, 1.82) is 21.0 Å². The Morgan fingerprint density at radius 2 is 0.500 bits per heavy atom. The molecular weight excluding hydrogens is 857 g/mol. The fraction of sp³-hybridized carbons (Fsp3) is 0. The van der Waals surface area contributed by atoms with Crippen LogP contribution in [0.2, 0.25) is 0 Å². The molecule has 64 heavy (non-hydrogen) atoms. The first kappa shape index (κ1) is 42.8. The van der Waals surface area contributed by atoms with Crippen LogP contribution in [0.5, 0.6) is 69.0 Å². The van der Waals surface area contributed by atoms with Gasteiger partial charge in [0, 0.05) is 12.1 Å². The summed E-state index contributed by atoms with van der Waals surface area (Å²) in [4.78, 5) is 0. The van der Waals surface area contributed by atoms with Gasteiger partial charge in [0.1, 0.15) is 70.3 Å². The van der Waals surface area contributed by atoms with E-state index in [4.69, 9.17) is 38.9 Å². The lowest BCUT2D eigenvalue weighted by Gasteiger charge is -2.15. The number of nitriles is 4. The molecule has 0 saturated heterocycles. The molecule has 0 radical (unpaired) electrons. The van der Waals surface area contributed by atoms with Crippen LogP contribution in [-0.4, -0.2) is 0 Å². The number of ether oxygens (including phenoxy) is 6. The zero-order chi connectivity index (χ0) is 45.7. The van der Waals surface area contributed by atoms with E-state index in [0.717, 1.165) is 36.4 Å². The summed E-state index contributed by atoms with van der Waals surface area (Å²) in [7, 11) is 0. The van der Waals surface area contributed by atoms with Crippen molar-refractivity contribution in [2.45, 2.75) is 0 Å². The minimum absolute atomic E-state index is 0.00980. The molecule has 0 unspecified atom stereocenters. The van der Waals surface area contributed by atoms with Gasteiger partial charge in [0.05, 0.1) is 22.3 Å². The lowest BCUT2D eigenvalue weighted by Crippen LogP contribution is -2.04. The Hall–Kier alpha value is -9.26. The molecule has 0 atom stereocenters. The molecule has 0 spiro atoms. The van der Waals surface area contributed by atoms with Crippen LogP contribution in [0.4, 0.5) is 35.1 Å². The summed E-state index contributed by atoms with van der Waals surface area (Å²) in [6.45, 7) is 0. The van der Waals surface area contributed by atoms with Gasteiger partial charge in [-0.05, 0) is 84.9 Å². The van der Waals surface area contributed by atoms with Crippen molar-refractivity contribution in [1.82, 2.24) is 0 Å². The predicted octanol–water partition coefficient (Wildman–Crippen LogP) is 13.0. The van der Waals surface area contributed by atoms with Crippen LogP contribution in [0.1, 0.15) is 22.3 Å². The SMILES string of the molecule is N#Cc1ccc(Oc2cccc(Oc3c(F)c(F)c(Oc4ccc(Oc5c(F)c(F)c(Oc6cccc(Oc7ccc(C#N)c(C#N)c7)c6)c(F)c5F)cc4)c(F)c3F)c2)cc1C#N. The highest BCUT2D eigenvalue weighted by Gasteiger charge is 2.31. The first-order valence-electron chi connectivity index (χ1n) is 17.8. The largest absolute Gasteiger partial charge is 0.457 e. The van der Waals surface area contributed by atoms with Gasteiger partial charge < -0.3 is 28.4 Å².